The van der Waals surface area contributed by atoms with Gasteiger partial charge in [0, 0.05) is 4.47 Å². The molecule has 0 aliphatic carbocycles. The molecule has 2 amide bonds. The van der Waals surface area contributed by atoms with Crippen molar-refractivity contribution in [3.63, 3.8) is 0 Å². The number of halogens is 1. The number of methoxy groups -OCH3 is 1. The molecule has 0 saturated heterocycles. The van der Waals surface area contributed by atoms with E-state index in [0.717, 1.165) is 16.2 Å². The molecule has 0 aliphatic rings. The van der Waals surface area contributed by atoms with Crippen molar-refractivity contribution in [3.05, 3.63) is 53.0 Å². The van der Waals surface area contributed by atoms with E-state index in [9.17, 15) is 9.59 Å². The molecule has 29 heavy (non-hydrogen) atoms. The number of benzene rings is 2. The Labute approximate surface area is 179 Å². The third-order valence-electron chi connectivity index (χ3n) is 3.68. The summed E-state index contributed by atoms with van der Waals surface area (Å²) < 4.78 is 7.58. The van der Waals surface area contributed by atoms with Crippen LogP contribution in [0.3, 0.4) is 0 Å². The first-order valence-electron chi connectivity index (χ1n) is 8.44. The van der Waals surface area contributed by atoms with Crippen LogP contribution in [0.2, 0.25) is 0 Å². The summed E-state index contributed by atoms with van der Waals surface area (Å²) in [5.41, 5.74) is 1.30. The molecule has 0 unspecified atom stereocenters. The maximum atomic E-state index is 12.1. The van der Waals surface area contributed by atoms with Crippen LogP contribution < -0.4 is 15.4 Å². The highest BCUT2D eigenvalue weighted by atomic mass is 79.9. The third kappa shape index (κ3) is 5.55. The first-order chi connectivity index (χ1) is 14.1. The highest BCUT2D eigenvalue weighted by Crippen LogP contribution is 2.25. The van der Waals surface area contributed by atoms with E-state index < -0.39 is 0 Å². The second-order valence-corrected chi connectivity index (χ2v) is 7.44. The molecule has 9 nitrogen and oxygen atoms in total. The summed E-state index contributed by atoms with van der Waals surface area (Å²) in [5, 5.41) is 17.3. The zero-order chi connectivity index (χ0) is 20.6. The smallest absolute Gasteiger partial charge is 0.243 e. The quantitative estimate of drug-likeness (QED) is 0.479. The summed E-state index contributed by atoms with van der Waals surface area (Å²) in [5.74, 6) is 0.0217. The molecule has 0 bridgehead atoms. The number of para-hydroxylation sites is 3. The predicted molar refractivity (Wildman–Crippen MR) is 112 cm³/mol. The lowest BCUT2D eigenvalue weighted by Crippen LogP contribution is -2.34. The van der Waals surface area contributed by atoms with Crippen LogP contribution in [0.4, 0.5) is 5.69 Å². The van der Waals surface area contributed by atoms with Gasteiger partial charge in [0.15, 0.2) is 0 Å². The summed E-state index contributed by atoms with van der Waals surface area (Å²) in [4.78, 5) is 24.1. The van der Waals surface area contributed by atoms with E-state index >= 15 is 0 Å². The first-order valence-corrected chi connectivity index (χ1v) is 10.2. The maximum absolute atomic E-state index is 12.1. The normalized spacial score (nSPS) is 10.4. The molecule has 1 heterocycles. The third-order valence-corrected chi connectivity index (χ3v) is 5.29. The Bertz CT molecular complexity index is 1010. The fraction of sp³-hybridized carbons (Fsp3) is 0.167. The van der Waals surface area contributed by atoms with Crippen molar-refractivity contribution in [3.8, 4) is 11.4 Å². The molecule has 3 aromatic rings. The summed E-state index contributed by atoms with van der Waals surface area (Å²) in [6.45, 7) is -0.141. The van der Waals surface area contributed by atoms with Crippen molar-refractivity contribution in [1.29, 1.82) is 0 Å². The number of hydrogen-bond acceptors (Lipinski definition) is 7. The Morgan fingerprint density at radius 3 is 2.69 bits per heavy atom. The SMILES string of the molecule is COc1ccccc1-n1nnnc1SCC(=O)NCC(=O)Nc1ccccc1Br. The number of anilines is 1. The summed E-state index contributed by atoms with van der Waals surface area (Å²) >= 11 is 4.51. The Hall–Kier alpha value is -2.92. The van der Waals surface area contributed by atoms with Gasteiger partial charge in [-0.15, -0.1) is 5.10 Å². The van der Waals surface area contributed by atoms with E-state index in [4.69, 9.17) is 4.74 Å². The lowest BCUT2D eigenvalue weighted by Gasteiger charge is -2.09. The van der Waals surface area contributed by atoms with Gasteiger partial charge >= 0.3 is 0 Å². The Balaban J connectivity index is 1.52. The molecule has 11 heteroatoms. The zero-order valence-electron chi connectivity index (χ0n) is 15.3. The van der Waals surface area contributed by atoms with Crippen LogP contribution in [0, 0.1) is 0 Å². The molecule has 150 valence electrons. The van der Waals surface area contributed by atoms with Crippen molar-refractivity contribution in [2.45, 2.75) is 5.16 Å². The van der Waals surface area contributed by atoms with E-state index in [0.29, 0.717) is 22.3 Å². The highest BCUT2D eigenvalue weighted by molar-refractivity contribution is 9.10. The van der Waals surface area contributed by atoms with Crippen molar-refractivity contribution >= 4 is 45.2 Å². The van der Waals surface area contributed by atoms with Gasteiger partial charge in [-0.3, -0.25) is 9.59 Å². The van der Waals surface area contributed by atoms with Gasteiger partial charge in [-0.2, -0.15) is 4.68 Å². The molecule has 2 N–H and O–H groups in total. The predicted octanol–water partition coefficient (Wildman–Crippen LogP) is 2.28. The van der Waals surface area contributed by atoms with Gasteiger partial charge < -0.3 is 15.4 Å². The average Bonchev–Trinajstić information content (AvgIpc) is 3.21. The molecule has 2 aromatic carbocycles. The lowest BCUT2D eigenvalue weighted by atomic mass is 10.3. The molecule has 0 radical (unpaired) electrons. The monoisotopic (exact) mass is 476 g/mol. The summed E-state index contributed by atoms with van der Waals surface area (Å²) in [7, 11) is 1.56. The van der Waals surface area contributed by atoms with Crippen LogP contribution in [0.25, 0.3) is 5.69 Å². The molecule has 0 saturated carbocycles. The number of rotatable bonds is 8. The highest BCUT2D eigenvalue weighted by Gasteiger charge is 2.15. The minimum absolute atomic E-state index is 0.0534. The van der Waals surface area contributed by atoms with Gasteiger partial charge in [0.05, 0.1) is 25.1 Å². The Kier molecular flexibility index (Phi) is 7.19. The summed E-state index contributed by atoms with van der Waals surface area (Å²) in [6.07, 6.45) is 0. The largest absolute Gasteiger partial charge is 0.494 e. The van der Waals surface area contributed by atoms with Crippen molar-refractivity contribution in [2.24, 2.45) is 0 Å². The van der Waals surface area contributed by atoms with Gasteiger partial charge in [-0.25, -0.2) is 0 Å². The molecule has 0 atom stereocenters. The van der Waals surface area contributed by atoms with Gasteiger partial charge in [0.2, 0.25) is 17.0 Å². The van der Waals surface area contributed by atoms with E-state index in [1.54, 1.807) is 19.2 Å². The second kappa shape index (κ2) is 10.0. The number of carbonyl (C=O) groups is 2. The minimum atomic E-state index is -0.325. The molecule has 3 rings (SSSR count). The van der Waals surface area contributed by atoms with E-state index in [-0.39, 0.29) is 24.1 Å². The number of nitrogens with zero attached hydrogens (tertiary/aromatic N) is 4. The molecular weight excluding hydrogens is 460 g/mol. The standard InChI is InChI=1S/C18H17BrN6O3S/c1-28-15-9-5-4-8-14(15)25-18(22-23-24-25)29-11-17(27)20-10-16(26)21-13-7-3-2-6-12(13)19/h2-9H,10-11H2,1H3,(H,20,27)(H,21,26). The van der Waals surface area contributed by atoms with Crippen LogP contribution in [0.5, 0.6) is 5.75 Å². The fourth-order valence-electron chi connectivity index (χ4n) is 2.34. The van der Waals surface area contributed by atoms with Crippen molar-refractivity contribution in [2.75, 3.05) is 24.7 Å². The maximum Gasteiger partial charge on any atom is 0.243 e. The minimum Gasteiger partial charge on any atom is -0.494 e. The summed E-state index contributed by atoms with van der Waals surface area (Å²) in [6, 6.07) is 14.5. The van der Waals surface area contributed by atoms with Crippen molar-refractivity contribution < 1.29 is 14.3 Å². The van der Waals surface area contributed by atoms with Crippen LogP contribution in [-0.4, -0.2) is 51.4 Å². The van der Waals surface area contributed by atoms with Crippen LogP contribution in [0.1, 0.15) is 0 Å². The number of amides is 2. The Morgan fingerprint density at radius 2 is 1.90 bits per heavy atom. The number of ether oxygens (including phenoxy) is 1. The van der Waals surface area contributed by atoms with E-state index in [2.05, 4.69) is 42.1 Å². The van der Waals surface area contributed by atoms with E-state index in [1.165, 1.54) is 4.68 Å². The average molecular weight is 477 g/mol. The molecule has 0 fully saturated rings. The molecule has 0 spiro atoms. The Morgan fingerprint density at radius 1 is 1.14 bits per heavy atom. The molecular formula is C18H17BrN6O3S. The van der Waals surface area contributed by atoms with Crippen LogP contribution in [0.15, 0.2) is 58.2 Å². The number of tetrazole rings is 1. The molecule has 0 aliphatic heterocycles. The van der Waals surface area contributed by atoms with Crippen molar-refractivity contribution in [1.82, 2.24) is 25.5 Å². The van der Waals surface area contributed by atoms with Gasteiger partial charge in [0.25, 0.3) is 0 Å². The second-order valence-electron chi connectivity index (χ2n) is 5.64. The fourth-order valence-corrected chi connectivity index (χ4v) is 3.44. The van der Waals surface area contributed by atoms with Crippen LogP contribution in [-0.2, 0) is 9.59 Å². The van der Waals surface area contributed by atoms with Gasteiger partial charge in [-0.05, 0) is 50.6 Å². The van der Waals surface area contributed by atoms with Crippen LogP contribution >= 0.6 is 27.7 Å². The number of carbonyl (C=O) groups excluding carboxylic acids is 2. The van der Waals surface area contributed by atoms with E-state index in [1.807, 2.05) is 36.4 Å². The number of hydrogen-bond donors (Lipinski definition) is 2. The van der Waals surface area contributed by atoms with Gasteiger partial charge in [0.1, 0.15) is 11.4 Å². The first kappa shape index (κ1) is 20.8. The number of nitrogens with one attached hydrogen (secondary N) is 2. The zero-order valence-corrected chi connectivity index (χ0v) is 17.7. The lowest BCUT2D eigenvalue weighted by molar-refractivity contribution is -0.122. The number of aromatic nitrogens is 4. The van der Waals surface area contributed by atoms with Gasteiger partial charge in [-0.1, -0.05) is 36.0 Å². The topological polar surface area (TPSA) is 111 Å². The molecule has 1 aromatic heterocycles. The number of thioether (sulfide) groups is 1.